The number of allylic oxidation sites excluding steroid dienone is 1. The van der Waals surface area contributed by atoms with Gasteiger partial charge >= 0.3 is 5.97 Å². The molecular weight excluding hydrogens is 328 g/mol. The van der Waals surface area contributed by atoms with Crippen LogP contribution in [-0.2, 0) is 14.9 Å². The summed E-state index contributed by atoms with van der Waals surface area (Å²) >= 11 is 0. The van der Waals surface area contributed by atoms with Crippen molar-refractivity contribution in [3.05, 3.63) is 41.5 Å². The van der Waals surface area contributed by atoms with Crippen LogP contribution in [0.3, 0.4) is 0 Å². The Labute approximate surface area is 152 Å². The van der Waals surface area contributed by atoms with E-state index in [0.717, 1.165) is 29.8 Å². The molecule has 6 aliphatic rings. The van der Waals surface area contributed by atoms with Crippen LogP contribution in [0.1, 0.15) is 32.3 Å². The Morgan fingerprint density at radius 2 is 2.23 bits per heavy atom. The van der Waals surface area contributed by atoms with E-state index in [0.29, 0.717) is 0 Å². The summed E-state index contributed by atoms with van der Waals surface area (Å²) in [6, 6.07) is 8.67. The summed E-state index contributed by atoms with van der Waals surface area (Å²) in [6.07, 6.45) is 3.17. The zero-order valence-electron chi connectivity index (χ0n) is 14.9. The van der Waals surface area contributed by atoms with E-state index >= 15 is 0 Å². The zero-order chi connectivity index (χ0) is 17.8. The van der Waals surface area contributed by atoms with Crippen LogP contribution >= 0.6 is 0 Å². The topological polar surface area (TPSA) is 62.1 Å². The van der Waals surface area contributed by atoms with Gasteiger partial charge in [0.2, 0.25) is 0 Å². The lowest BCUT2D eigenvalue weighted by Crippen LogP contribution is -2.68. The second-order valence-corrected chi connectivity index (χ2v) is 8.33. The third-order valence-electron chi connectivity index (χ3n) is 7.53. The number of fused-ring (bicyclic) bond motifs is 2. The normalized spacial score (nSPS) is 47.7. The number of aliphatic hydroxyl groups is 1. The first-order valence-corrected chi connectivity index (χ1v) is 9.55. The molecule has 7 rings (SSSR count). The van der Waals surface area contributed by atoms with Gasteiger partial charge in [-0.15, -0.1) is 0 Å². The van der Waals surface area contributed by atoms with Crippen molar-refractivity contribution in [2.24, 2.45) is 16.8 Å². The molecule has 1 aliphatic carbocycles. The van der Waals surface area contributed by atoms with Crippen molar-refractivity contribution in [3.8, 4) is 0 Å². The van der Waals surface area contributed by atoms with Gasteiger partial charge in [0.25, 0.3) is 0 Å². The van der Waals surface area contributed by atoms with Crippen LogP contribution in [0.2, 0.25) is 0 Å². The minimum atomic E-state index is -0.537. The predicted octanol–water partition coefficient (Wildman–Crippen LogP) is 2.31. The molecule has 1 aromatic carbocycles. The van der Waals surface area contributed by atoms with Crippen molar-refractivity contribution in [2.45, 2.75) is 56.5 Å². The second kappa shape index (κ2) is 4.65. The highest BCUT2D eigenvalue weighted by Crippen LogP contribution is 2.67. The summed E-state index contributed by atoms with van der Waals surface area (Å²) in [5.41, 5.74) is 4.10. The number of rotatable bonds is 1. The first-order valence-electron chi connectivity index (χ1n) is 9.55. The Morgan fingerprint density at radius 1 is 1.42 bits per heavy atom. The first-order chi connectivity index (χ1) is 12.6. The molecular formula is C21H22N2O3. The third-order valence-corrected chi connectivity index (χ3v) is 7.53. The van der Waals surface area contributed by atoms with Crippen LogP contribution in [0.5, 0.6) is 0 Å². The van der Waals surface area contributed by atoms with Crippen LogP contribution in [0.15, 0.2) is 40.9 Å². The van der Waals surface area contributed by atoms with E-state index in [-0.39, 0.29) is 41.4 Å². The van der Waals surface area contributed by atoms with E-state index in [2.05, 4.69) is 29.2 Å². The smallest absolute Gasteiger partial charge is 0.302 e. The molecule has 134 valence electrons. The summed E-state index contributed by atoms with van der Waals surface area (Å²) in [4.78, 5) is 19.3. The summed E-state index contributed by atoms with van der Waals surface area (Å²) in [5.74, 6) is 0.264. The molecule has 1 spiro atoms. The lowest BCUT2D eigenvalue weighted by Gasteiger charge is -2.58. The van der Waals surface area contributed by atoms with E-state index < -0.39 is 6.23 Å². The van der Waals surface area contributed by atoms with Crippen molar-refractivity contribution in [3.63, 3.8) is 0 Å². The van der Waals surface area contributed by atoms with E-state index in [9.17, 15) is 9.90 Å². The second-order valence-electron chi connectivity index (χ2n) is 8.33. The maximum atomic E-state index is 12.0. The van der Waals surface area contributed by atoms with Gasteiger partial charge in [-0.05, 0) is 42.9 Å². The number of carbonyl (C=O) groups is 1. The highest BCUT2D eigenvalue weighted by Gasteiger charge is 2.74. The number of hydrogen-bond acceptors (Lipinski definition) is 5. The Morgan fingerprint density at radius 3 is 3.00 bits per heavy atom. The van der Waals surface area contributed by atoms with Gasteiger partial charge in [0.1, 0.15) is 12.3 Å². The molecule has 8 atom stereocenters. The van der Waals surface area contributed by atoms with Crippen molar-refractivity contribution < 1.29 is 14.6 Å². The number of aliphatic imine (C=N–C) groups is 1. The molecule has 1 N–H and O–H groups in total. The van der Waals surface area contributed by atoms with Crippen molar-refractivity contribution in [1.29, 1.82) is 0 Å². The number of nitrogens with zero attached hydrogens (tertiary/aromatic N) is 2. The molecule has 1 unspecified atom stereocenters. The number of benzene rings is 1. The lowest BCUT2D eigenvalue weighted by atomic mass is 9.66. The fourth-order valence-corrected chi connectivity index (χ4v) is 6.90. The highest BCUT2D eigenvalue weighted by molar-refractivity contribution is 6.08. The van der Waals surface area contributed by atoms with Crippen molar-refractivity contribution in [1.82, 2.24) is 4.90 Å². The molecule has 0 aromatic heterocycles. The standard InChI is InChI=1S/C21H22N2O3/c1-3-11-12-8-15-18-21(13-6-4-5-7-14(13)22-18)9-16(23(15)20(11)25)17(12)19(21)26-10(2)24/h3-7,12,15-17,19-20,25H,8-9H2,1-2H3/b11-3-/t12-,15-,16-,17-,19+,20-,21+/m0/s1. The Balaban J connectivity index is 1.62. The number of piperidine rings is 4. The zero-order valence-corrected chi connectivity index (χ0v) is 14.9. The van der Waals surface area contributed by atoms with Gasteiger partial charge in [0.05, 0.1) is 22.9 Å². The quantitative estimate of drug-likeness (QED) is 0.624. The molecule has 1 aromatic rings. The Bertz CT molecular complexity index is 906. The van der Waals surface area contributed by atoms with Gasteiger partial charge in [-0.25, -0.2) is 0 Å². The molecule has 5 heterocycles. The van der Waals surface area contributed by atoms with Crippen LogP contribution in [-0.4, -0.2) is 46.1 Å². The van der Waals surface area contributed by atoms with Gasteiger partial charge < -0.3 is 9.84 Å². The number of aliphatic hydroxyl groups excluding tert-OH is 1. The molecule has 1 saturated carbocycles. The molecule has 0 amide bonds. The van der Waals surface area contributed by atoms with E-state index in [1.54, 1.807) is 0 Å². The van der Waals surface area contributed by atoms with Gasteiger partial charge in [-0.3, -0.25) is 14.7 Å². The summed E-state index contributed by atoms with van der Waals surface area (Å²) in [5, 5.41) is 11.0. The Kier molecular flexibility index (Phi) is 2.70. The van der Waals surface area contributed by atoms with Crippen molar-refractivity contribution in [2.75, 3.05) is 0 Å². The van der Waals surface area contributed by atoms with Crippen LogP contribution in [0.25, 0.3) is 0 Å². The number of hydrogen-bond donors (Lipinski definition) is 1. The minimum absolute atomic E-state index is 0.140. The summed E-state index contributed by atoms with van der Waals surface area (Å²) in [6.45, 7) is 3.51. The van der Waals surface area contributed by atoms with Crippen LogP contribution in [0.4, 0.5) is 5.69 Å². The molecule has 0 radical (unpaired) electrons. The molecule has 5 heteroatoms. The Hall–Kier alpha value is -1.98. The predicted molar refractivity (Wildman–Crippen MR) is 96.2 cm³/mol. The highest BCUT2D eigenvalue weighted by atomic mass is 16.5. The van der Waals surface area contributed by atoms with E-state index in [4.69, 9.17) is 9.73 Å². The largest absolute Gasteiger partial charge is 0.461 e. The molecule has 5 nitrogen and oxygen atoms in total. The van der Waals surface area contributed by atoms with E-state index in [1.165, 1.54) is 12.5 Å². The van der Waals surface area contributed by atoms with Gasteiger partial charge in [-0.2, -0.15) is 0 Å². The molecule has 5 aliphatic heterocycles. The molecule has 5 fully saturated rings. The lowest BCUT2D eigenvalue weighted by molar-refractivity contribution is -0.156. The number of ether oxygens (including phenoxy) is 1. The maximum absolute atomic E-state index is 12.0. The number of carbonyl (C=O) groups excluding carboxylic acids is 1. The van der Waals surface area contributed by atoms with Gasteiger partial charge in [-0.1, -0.05) is 24.3 Å². The molecule has 4 saturated heterocycles. The number of para-hydroxylation sites is 1. The third kappa shape index (κ3) is 1.45. The first kappa shape index (κ1) is 15.1. The average molecular weight is 350 g/mol. The SMILES string of the molecule is C/C=C1/[C@@H]2C[C@H]3C4=Nc5ccccc5[C@]45C[C@@H]([C@H]2[C@H]5OC(C)=O)N3[C@H]1O. The fourth-order valence-electron chi connectivity index (χ4n) is 6.90. The fraction of sp³-hybridized carbons (Fsp3) is 0.524. The van der Waals surface area contributed by atoms with Crippen LogP contribution in [0, 0.1) is 11.8 Å². The average Bonchev–Trinajstić information content (AvgIpc) is 3.08. The number of esters is 1. The summed E-state index contributed by atoms with van der Waals surface area (Å²) in [7, 11) is 0. The molecule has 5 bridgehead atoms. The molecule has 26 heavy (non-hydrogen) atoms. The summed E-state index contributed by atoms with van der Waals surface area (Å²) < 4.78 is 6.04. The minimum Gasteiger partial charge on any atom is -0.461 e. The van der Waals surface area contributed by atoms with Crippen molar-refractivity contribution >= 4 is 17.4 Å². The maximum Gasteiger partial charge on any atom is 0.302 e. The van der Waals surface area contributed by atoms with Crippen LogP contribution < -0.4 is 0 Å². The van der Waals surface area contributed by atoms with Gasteiger partial charge in [0.15, 0.2) is 0 Å². The van der Waals surface area contributed by atoms with Gasteiger partial charge in [0, 0.05) is 18.9 Å². The monoisotopic (exact) mass is 350 g/mol. The van der Waals surface area contributed by atoms with E-state index in [1.807, 2.05) is 13.0 Å².